The second kappa shape index (κ2) is 4.14. The summed E-state index contributed by atoms with van der Waals surface area (Å²) in [6, 6.07) is 0.0317. The summed E-state index contributed by atoms with van der Waals surface area (Å²) in [5, 5.41) is 0. The van der Waals surface area contributed by atoms with E-state index in [2.05, 4.69) is 0 Å². The van der Waals surface area contributed by atoms with Crippen LogP contribution in [-0.2, 0) is 9.47 Å². The minimum atomic E-state index is -0.468. The molecule has 2 N–H and O–H groups in total. The van der Waals surface area contributed by atoms with Crippen molar-refractivity contribution in [3.05, 3.63) is 0 Å². The van der Waals surface area contributed by atoms with Gasteiger partial charge in [-0.05, 0) is 33.6 Å². The Morgan fingerprint density at radius 2 is 2.24 bits per heavy atom. The highest BCUT2D eigenvalue weighted by atomic mass is 16.6. The first kappa shape index (κ1) is 12.6. The summed E-state index contributed by atoms with van der Waals surface area (Å²) in [6.07, 6.45) is 1.41. The maximum Gasteiger partial charge on any atom is 0.410 e. The molecule has 2 aliphatic rings. The molecule has 2 saturated heterocycles. The molecule has 1 spiro atoms. The van der Waals surface area contributed by atoms with E-state index in [1.165, 1.54) is 0 Å². The largest absolute Gasteiger partial charge is 0.444 e. The third-order valence-electron chi connectivity index (χ3n) is 3.33. The lowest BCUT2D eigenvalue weighted by atomic mass is 9.94. The van der Waals surface area contributed by atoms with Gasteiger partial charge in [0.1, 0.15) is 5.60 Å². The molecule has 0 aliphatic carbocycles. The van der Waals surface area contributed by atoms with E-state index in [0.717, 1.165) is 12.8 Å². The standard InChI is InChI=1S/C12H22N2O3/c1-11(2,3)17-10(15)14-7-9(13)6-12(14)4-5-16-8-12/h9H,4-8,13H2,1-3H3. The van der Waals surface area contributed by atoms with Crippen molar-refractivity contribution in [3.63, 3.8) is 0 Å². The summed E-state index contributed by atoms with van der Waals surface area (Å²) < 4.78 is 10.9. The van der Waals surface area contributed by atoms with Crippen LogP contribution in [0.2, 0.25) is 0 Å². The Morgan fingerprint density at radius 3 is 2.76 bits per heavy atom. The molecule has 17 heavy (non-hydrogen) atoms. The number of likely N-dealkylation sites (tertiary alicyclic amines) is 1. The van der Waals surface area contributed by atoms with Crippen LogP contribution in [0.25, 0.3) is 0 Å². The van der Waals surface area contributed by atoms with Crippen LogP contribution in [-0.4, -0.2) is 47.9 Å². The number of ether oxygens (including phenoxy) is 2. The predicted molar refractivity (Wildman–Crippen MR) is 63.7 cm³/mol. The van der Waals surface area contributed by atoms with Gasteiger partial charge in [-0.2, -0.15) is 0 Å². The number of nitrogens with two attached hydrogens (primary N) is 1. The first-order valence-electron chi connectivity index (χ1n) is 6.16. The fourth-order valence-corrected chi connectivity index (χ4v) is 2.65. The molecular weight excluding hydrogens is 220 g/mol. The molecule has 0 aromatic heterocycles. The van der Waals surface area contributed by atoms with E-state index >= 15 is 0 Å². The van der Waals surface area contributed by atoms with E-state index in [-0.39, 0.29) is 17.7 Å². The average Bonchev–Trinajstić information content (AvgIpc) is 2.72. The van der Waals surface area contributed by atoms with E-state index in [1.807, 2.05) is 20.8 Å². The van der Waals surface area contributed by atoms with Crippen molar-refractivity contribution in [2.24, 2.45) is 5.73 Å². The Hall–Kier alpha value is -0.810. The van der Waals surface area contributed by atoms with Crippen LogP contribution in [0.3, 0.4) is 0 Å². The van der Waals surface area contributed by atoms with Gasteiger partial charge in [-0.15, -0.1) is 0 Å². The van der Waals surface area contributed by atoms with E-state index < -0.39 is 5.60 Å². The summed E-state index contributed by atoms with van der Waals surface area (Å²) in [6.45, 7) is 7.47. The van der Waals surface area contributed by atoms with Gasteiger partial charge in [-0.3, -0.25) is 4.90 Å². The molecular formula is C12H22N2O3. The quantitative estimate of drug-likeness (QED) is 0.691. The number of carbonyl (C=O) groups excluding carboxylic acids is 1. The van der Waals surface area contributed by atoms with Crippen molar-refractivity contribution >= 4 is 6.09 Å². The van der Waals surface area contributed by atoms with Crippen molar-refractivity contribution in [1.29, 1.82) is 0 Å². The second-order valence-electron chi connectivity index (χ2n) is 6.08. The van der Waals surface area contributed by atoms with E-state index in [4.69, 9.17) is 15.2 Å². The Labute approximate surface area is 102 Å². The monoisotopic (exact) mass is 242 g/mol. The average molecular weight is 242 g/mol. The number of amides is 1. The van der Waals surface area contributed by atoms with Gasteiger partial charge in [0.05, 0.1) is 12.1 Å². The van der Waals surface area contributed by atoms with Crippen molar-refractivity contribution in [2.75, 3.05) is 19.8 Å². The smallest absolute Gasteiger partial charge is 0.410 e. The third-order valence-corrected chi connectivity index (χ3v) is 3.33. The SMILES string of the molecule is CC(C)(C)OC(=O)N1CC(N)CC12CCOC2. The molecule has 5 nitrogen and oxygen atoms in total. The zero-order valence-electron chi connectivity index (χ0n) is 10.9. The minimum Gasteiger partial charge on any atom is -0.444 e. The van der Waals surface area contributed by atoms with Crippen LogP contribution in [0.5, 0.6) is 0 Å². The molecule has 0 radical (unpaired) electrons. The molecule has 2 unspecified atom stereocenters. The molecule has 0 aromatic rings. The zero-order valence-corrected chi connectivity index (χ0v) is 10.9. The normalized spacial score (nSPS) is 33.4. The van der Waals surface area contributed by atoms with E-state index in [9.17, 15) is 4.79 Å². The van der Waals surface area contributed by atoms with Crippen molar-refractivity contribution in [2.45, 2.75) is 50.8 Å². The molecule has 0 saturated carbocycles. The molecule has 2 heterocycles. The molecule has 5 heteroatoms. The van der Waals surface area contributed by atoms with Gasteiger partial charge >= 0.3 is 6.09 Å². The molecule has 2 fully saturated rings. The highest BCUT2D eigenvalue weighted by Gasteiger charge is 2.50. The molecule has 2 atom stereocenters. The predicted octanol–water partition coefficient (Wildman–Crippen LogP) is 1.11. The molecule has 0 bridgehead atoms. The molecule has 2 aliphatic heterocycles. The molecule has 2 rings (SSSR count). The number of hydrogen-bond acceptors (Lipinski definition) is 4. The van der Waals surface area contributed by atoms with Gasteiger partial charge in [-0.1, -0.05) is 0 Å². The van der Waals surface area contributed by atoms with Gasteiger partial charge in [0, 0.05) is 19.2 Å². The van der Waals surface area contributed by atoms with Gasteiger partial charge in [0.2, 0.25) is 0 Å². The summed E-state index contributed by atoms with van der Waals surface area (Å²) >= 11 is 0. The van der Waals surface area contributed by atoms with Crippen LogP contribution < -0.4 is 5.73 Å². The van der Waals surface area contributed by atoms with Crippen LogP contribution in [0.15, 0.2) is 0 Å². The number of hydrogen-bond donors (Lipinski definition) is 1. The van der Waals surface area contributed by atoms with Crippen LogP contribution >= 0.6 is 0 Å². The Bertz CT molecular complexity index is 305. The molecule has 98 valence electrons. The van der Waals surface area contributed by atoms with Crippen molar-refractivity contribution in [3.8, 4) is 0 Å². The van der Waals surface area contributed by atoms with Gasteiger partial charge in [0.15, 0.2) is 0 Å². The Morgan fingerprint density at radius 1 is 1.53 bits per heavy atom. The fourth-order valence-electron chi connectivity index (χ4n) is 2.65. The third kappa shape index (κ3) is 2.55. The van der Waals surface area contributed by atoms with Crippen LogP contribution in [0, 0.1) is 0 Å². The summed E-state index contributed by atoms with van der Waals surface area (Å²) in [4.78, 5) is 13.9. The second-order valence-corrected chi connectivity index (χ2v) is 6.08. The topological polar surface area (TPSA) is 64.8 Å². The molecule has 1 amide bonds. The van der Waals surface area contributed by atoms with Gasteiger partial charge in [0.25, 0.3) is 0 Å². The molecule has 0 aromatic carbocycles. The first-order valence-corrected chi connectivity index (χ1v) is 6.16. The fraction of sp³-hybridized carbons (Fsp3) is 0.917. The lowest BCUT2D eigenvalue weighted by Crippen LogP contribution is -2.49. The van der Waals surface area contributed by atoms with E-state index in [0.29, 0.717) is 19.8 Å². The lowest BCUT2D eigenvalue weighted by molar-refractivity contribution is 0.00563. The van der Waals surface area contributed by atoms with Crippen molar-refractivity contribution < 1.29 is 14.3 Å². The summed E-state index contributed by atoms with van der Waals surface area (Å²) in [7, 11) is 0. The Kier molecular flexibility index (Phi) is 3.08. The van der Waals surface area contributed by atoms with Gasteiger partial charge < -0.3 is 15.2 Å². The van der Waals surface area contributed by atoms with E-state index in [1.54, 1.807) is 4.90 Å². The summed E-state index contributed by atoms with van der Waals surface area (Å²) in [5.74, 6) is 0. The highest BCUT2D eigenvalue weighted by Crippen LogP contribution is 2.36. The van der Waals surface area contributed by atoms with Crippen LogP contribution in [0.1, 0.15) is 33.6 Å². The Balaban J connectivity index is 2.10. The number of nitrogens with zero attached hydrogens (tertiary/aromatic N) is 1. The van der Waals surface area contributed by atoms with Crippen LogP contribution in [0.4, 0.5) is 4.79 Å². The first-order chi connectivity index (χ1) is 7.82. The maximum absolute atomic E-state index is 12.2. The van der Waals surface area contributed by atoms with Crippen molar-refractivity contribution in [1.82, 2.24) is 4.90 Å². The zero-order chi connectivity index (χ0) is 12.7. The lowest BCUT2D eigenvalue weighted by Gasteiger charge is -2.34. The number of rotatable bonds is 0. The van der Waals surface area contributed by atoms with Gasteiger partial charge in [-0.25, -0.2) is 4.79 Å². The highest BCUT2D eigenvalue weighted by molar-refractivity contribution is 5.70. The number of carbonyl (C=O) groups is 1. The summed E-state index contributed by atoms with van der Waals surface area (Å²) in [5.41, 5.74) is 5.29. The maximum atomic E-state index is 12.2. The minimum absolute atomic E-state index is 0.0317.